The maximum atomic E-state index is 13.2. The fourth-order valence-electron chi connectivity index (χ4n) is 4.12. The standard InChI is InChI=1S/C22H21F3N2O5/c23-22(24,25)32-15-6-4-13(5-7-15)12-26-20(29)19-16-2-1-3-17(28)18(16)21(30)27(19)14-8-10-31-11-9-14/h1-7,14,19,28H,8-12H2,(H,26,29). The number of rotatable bonds is 5. The Balaban J connectivity index is 1.51. The second-order valence-electron chi connectivity index (χ2n) is 7.61. The Labute approximate surface area is 181 Å². The van der Waals surface area contributed by atoms with E-state index in [-0.39, 0.29) is 29.6 Å². The molecule has 4 rings (SSSR count). The number of aromatic hydroxyl groups is 1. The summed E-state index contributed by atoms with van der Waals surface area (Å²) < 4.78 is 46.1. The van der Waals surface area contributed by atoms with Gasteiger partial charge in [0.25, 0.3) is 5.91 Å². The molecule has 1 atom stereocenters. The number of ether oxygens (including phenoxy) is 2. The fourth-order valence-corrected chi connectivity index (χ4v) is 4.12. The number of phenols is 1. The largest absolute Gasteiger partial charge is 0.573 e. The SMILES string of the molecule is O=C(NCc1ccc(OC(F)(F)F)cc1)C1c2cccc(O)c2C(=O)N1C1CCOCC1. The van der Waals surface area contributed by atoms with Crippen LogP contribution in [0.2, 0.25) is 0 Å². The number of hydrogen-bond acceptors (Lipinski definition) is 5. The summed E-state index contributed by atoms with van der Waals surface area (Å²) in [6, 6.07) is 8.65. The highest BCUT2D eigenvalue weighted by Gasteiger charge is 2.46. The van der Waals surface area contributed by atoms with Crippen LogP contribution in [0.4, 0.5) is 13.2 Å². The van der Waals surface area contributed by atoms with Gasteiger partial charge in [-0.1, -0.05) is 24.3 Å². The van der Waals surface area contributed by atoms with Crippen molar-refractivity contribution in [2.45, 2.75) is 37.8 Å². The van der Waals surface area contributed by atoms with Crippen LogP contribution in [0, 0.1) is 0 Å². The molecule has 2 heterocycles. The molecule has 0 aromatic heterocycles. The van der Waals surface area contributed by atoms with Gasteiger partial charge < -0.3 is 24.8 Å². The van der Waals surface area contributed by atoms with Crippen LogP contribution in [0.15, 0.2) is 42.5 Å². The van der Waals surface area contributed by atoms with Gasteiger partial charge in [0.15, 0.2) is 0 Å². The molecular formula is C22H21F3N2O5. The molecule has 0 saturated carbocycles. The molecule has 2 aliphatic heterocycles. The predicted octanol–water partition coefficient (Wildman–Crippen LogP) is 3.28. The molecule has 1 saturated heterocycles. The molecule has 2 amide bonds. The minimum Gasteiger partial charge on any atom is -0.507 e. The van der Waals surface area contributed by atoms with E-state index in [1.54, 1.807) is 12.1 Å². The van der Waals surface area contributed by atoms with Crippen LogP contribution in [0.3, 0.4) is 0 Å². The summed E-state index contributed by atoms with van der Waals surface area (Å²) in [4.78, 5) is 27.8. The number of carbonyl (C=O) groups is 2. The number of nitrogens with zero attached hydrogens (tertiary/aromatic N) is 1. The minimum atomic E-state index is -4.78. The van der Waals surface area contributed by atoms with Gasteiger partial charge in [0.05, 0.1) is 5.56 Å². The third-order valence-electron chi connectivity index (χ3n) is 5.55. The van der Waals surface area contributed by atoms with E-state index in [4.69, 9.17) is 4.74 Å². The molecule has 0 spiro atoms. The zero-order valence-electron chi connectivity index (χ0n) is 16.9. The number of fused-ring (bicyclic) bond motifs is 1. The van der Waals surface area contributed by atoms with E-state index in [0.29, 0.717) is 37.2 Å². The first-order valence-electron chi connectivity index (χ1n) is 10.1. The number of hydrogen-bond donors (Lipinski definition) is 2. The van der Waals surface area contributed by atoms with Crippen LogP contribution < -0.4 is 10.1 Å². The summed E-state index contributed by atoms with van der Waals surface area (Å²) in [6.45, 7) is 0.987. The third kappa shape index (κ3) is 4.50. The van der Waals surface area contributed by atoms with Crippen LogP contribution in [0.1, 0.15) is 40.4 Å². The lowest BCUT2D eigenvalue weighted by molar-refractivity contribution is -0.274. The number of carbonyl (C=O) groups excluding carboxylic acids is 2. The second-order valence-corrected chi connectivity index (χ2v) is 7.61. The van der Waals surface area contributed by atoms with Gasteiger partial charge in [-0.05, 0) is 36.6 Å². The van der Waals surface area contributed by atoms with Gasteiger partial charge >= 0.3 is 6.36 Å². The van der Waals surface area contributed by atoms with E-state index >= 15 is 0 Å². The van der Waals surface area contributed by atoms with E-state index in [1.165, 1.54) is 23.1 Å². The molecule has 170 valence electrons. The van der Waals surface area contributed by atoms with Crippen molar-refractivity contribution in [2.24, 2.45) is 0 Å². The topological polar surface area (TPSA) is 88.1 Å². The molecule has 32 heavy (non-hydrogen) atoms. The van der Waals surface area contributed by atoms with E-state index in [2.05, 4.69) is 10.1 Å². The first-order valence-corrected chi connectivity index (χ1v) is 10.1. The van der Waals surface area contributed by atoms with Crippen molar-refractivity contribution < 1.29 is 37.3 Å². The average molecular weight is 450 g/mol. The Morgan fingerprint density at radius 3 is 2.50 bits per heavy atom. The molecule has 2 aliphatic rings. The first-order chi connectivity index (χ1) is 15.2. The lowest BCUT2D eigenvalue weighted by Crippen LogP contribution is -2.46. The van der Waals surface area contributed by atoms with E-state index in [1.807, 2.05) is 0 Å². The molecule has 2 N–H and O–H groups in total. The van der Waals surface area contributed by atoms with Gasteiger partial charge in [-0.15, -0.1) is 13.2 Å². The van der Waals surface area contributed by atoms with E-state index < -0.39 is 24.2 Å². The molecule has 2 aromatic rings. The molecule has 0 aliphatic carbocycles. The number of nitrogens with one attached hydrogen (secondary N) is 1. The van der Waals surface area contributed by atoms with Crippen LogP contribution >= 0.6 is 0 Å². The van der Waals surface area contributed by atoms with Crippen molar-refractivity contribution in [3.8, 4) is 11.5 Å². The third-order valence-corrected chi connectivity index (χ3v) is 5.55. The summed E-state index contributed by atoms with van der Waals surface area (Å²) >= 11 is 0. The van der Waals surface area contributed by atoms with Crippen molar-refractivity contribution in [1.82, 2.24) is 10.2 Å². The van der Waals surface area contributed by atoms with Gasteiger partial charge in [0.2, 0.25) is 5.91 Å². The molecule has 0 radical (unpaired) electrons. The normalized spacial score (nSPS) is 19.0. The highest BCUT2D eigenvalue weighted by atomic mass is 19.4. The second kappa shape index (κ2) is 8.70. The molecule has 1 fully saturated rings. The van der Waals surface area contributed by atoms with Gasteiger partial charge in [0.1, 0.15) is 17.5 Å². The van der Waals surface area contributed by atoms with E-state index in [0.717, 1.165) is 12.1 Å². The van der Waals surface area contributed by atoms with Crippen LogP contribution in [-0.4, -0.2) is 47.4 Å². The molecule has 2 aromatic carbocycles. The Morgan fingerprint density at radius 2 is 1.84 bits per heavy atom. The maximum absolute atomic E-state index is 13.2. The number of halogens is 3. The van der Waals surface area contributed by atoms with Crippen molar-refractivity contribution >= 4 is 11.8 Å². The molecule has 0 bridgehead atoms. The predicted molar refractivity (Wildman–Crippen MR) is 106 cm³/mol. The average Bonchev–Trinajstić information content (AvgIpc) is 3.06. The summed E-state index contributed by atoms with van der Waals surface area (Å²) in [5.41, 5.74) is 1.10. The Morgan fingerprint density at radius 1 is 1.16 bits per heavy atom. The number of alkyl halides is 3. The monoisotopic (exact) mass is 450 g/mol. The van der Waals surface area contributed by atoms with Crippen molar-refractivity contribution in [3.05, 3.63) is 59.2 Å². The summed E-state index contributed by atoms with van der Waals surface area (Å²) in [5.74, 6) is -1.38. The number of phenolic OH excluding ortho intramolecular Hbond substituents is 1. The number of amides is 2. The molecule has 1 unspecified atom stereocenters. The Bertz CT molecular complexity index is 1000. The van der Waals surface area contributed by atoms with Gasteiger partial charge in [-0.25, -0.2) is 0 Å². The van der Waals surface area contributed by atoms with Crippen molar-refractivity contribution in [3.63, 3.8) is 0 Å². The zero-order valence-corrected chi connectivity index (χ0v) is 16.9. The smallest absolute Gasteiger partial charge is 0.507 e. The lowest BCUT2D eigenvalue weighted by atomic mass is 10.0. The minimum absolute atomic E-state index is 0.0472. The quantitative estimate of drug-likeness (QED) is 0.730. The first kappa shape index (κ1) is 21.9. The van der Waals surface area contributed by atoms with Gasteiger partial charge in [-0.3, -0.25) is 9.59 Å². The van der Waals surface area contributed by atoms with E-state index in [9.17, 15) is 27.9 Å². The highest BCUT2D eigenvalue weighted by molar-refractivity contribution is 6.06. The molecule has 7 nitrogen and oxygen atoms in total. The Kier molecular flexibility index (Phi) is 5.96. The zero-order chi connectivity index (χ0) is 22.9. The van der Waals surface area contributed by atoms with Crippen LogP contribution in [-0.2, 0) is 16.1 Å². The van der Waals surface area contributed by atoms with Crippen LogP contribution in [0.5, 0.6) is 11.5 Å². The van der Waals surface area contributed by atoms with Crippen LogP contribution in [0.25, 0.3) is 0 Å². The lowest BCUT2D eigenvalue weighted by Gasteiger charge is -2.35. The molecular weight excluding hydrogens is 429 g/mol. The van der Waals surface area contributed by atoms with Gasteiger partial charge in [0, 0.05) is 31.4 Å². The highest BCUT2D eigenvalue weighted by Crippen LogP contribution is 2.41. The fraction of sp³-hybridized carbons (Fsp3) is 0.364. The summed E-state index contributed by atoms with van der Waals surface area (Å²) in [7, 11) is 0. The number of benzene rings is 2. The van der Waals surface area contributed by atoms with Gasteiger partial charge in [-0.2, -0.15) is 0 Å². The van der Waals surface area contributed by atoms with Crippen molar-refractivity contribution in [2.75, 3.05) is 13.2 Å². The summed E-state index contributed by atoms with van der Waals surface area (Å²) in [6.07, 6.45) is -3.63. The maximum Gasteiger partial charge on any atom is 0.573 e. The van der Waals surface area contributed by atoms with Crippen molar-refractivity contribution in [1.29, 1.82) is 0 Å². The summed E-state index contributed by atoms with van der Waals surface area (Å²) in [5, 5.41) is 13.0. The molecule has 10 heteroatoms. The Hall–Kier alpha value is -3.27.